The van der Waals surface area contributed by atoms with Crippen molar-refractivity contribution in [3.05, 3.63) is 95.3 Å². The van der Waals surface area contributed by atoms with E-state index in [0.29, 0.717) is 44.2 Å². The van der Waals surface area contributed by atoms with Gasteiger partial charge in [0.25, 0.3) is 5.91 Å². The molecule has 1 atom stereocenters. The summed E-state index contributed by atoms with van der Waals surface area (Å²) in [5.41, 5.74) is 4.80. The number of para-hydroxylation sites is 1. The first-order valence-electron chi connectivity index (χ1n) is 11.8. The molecule has 0 bridgehead atoms. The third kappa shape index (κ3) is 4.28. The molecule has 2 heterocycles. The maximum Gasteiger partial charge on any atom is 0.259 e. The Hall–Kier alpha value is -3.67. The van der Waals surface area contributed by atoms with Crippen molar-refractivity contribution in [3.8, 4) is 0 Å². The minimum Gasteiger partial charge on any atom is -0.366 e. The highest BCUT2D eigenvalue weighted by Crippen LogP contribution is 2.29. The van der Waals surface area contributed by atoms with Crippen LogP contribution in [0.15, 0.2) is 77.8 Å². The van der Waals surface area contributed by atoms with Crippen LogP contribution >= 0.6 is 0 Å². The summed E-state index contributed by atoms with van der Waals surface area (Å²) < 4.78 is 14.3. The number of aryl methyl sites for hydroxylation is 2. The van der Waals surface area contributed by atoms with E-state index in [0.717, 1.165) is 22.4 Å². The number of hydrogen-bond acceptors (Lipinski definition) is 4. The van der Waals surface area contributed by atoms with Gasteiger partial charge in [-0.2, -0.15) is 0 Å². The minimum atomic E-state index is -0.456. The molecule has 2 aliphatic heterocycles. The van der Waals surface area contributed by atoms with Gasteiger partial charge in [-0.15, -0.1) is 0 Å². The second kappa shape index (κ2) is 9.29. The van der Waals surface area contributed by atoms with Gasteiger partial charge in [0.1, 0.15) is 11.9 Å². The predicted molar refractivity (Wildman–Crippen MR) is 135 cm³/mol. The molecule has 1 amide bonds. The molecule has 6 heteroatoms. The number of amides is 1. The molecule has 0 aromatic heterocycles. The molecule has 5 nitrogen and oxygen atoms in total. The van der Waals surface area contributed by atoms with Crippen LogP contribution in [0.2, 0.25) is 0 Å². The lowest BCUT2D eigenvalue weighted by Gasteiger charge is -2.39. The standard InChI is InChI=1S/C28H29FN4O/c1-20-12-13-25(21(2)18-20)33-27(34)24(19-22-8-4-3-5-9-22)30-28(33)32-16-14-31(15-17-32)26-11-7-6-10-23(26)29/h3-13,18,24H,14-17,19H2,1-2H3. The van der Waals surface area contributed by atoms with Gasteiger partial charge in [-0.3, -0.25) is 4.79 Å². The van der Waals surface area contributed by atoms with E-state index in [1.54, 1.807) is 11.0 Å². The zero-order valence-electron chi connectivity index (χ0n) is 19.6. The summed E-state index contributed by atoms with van der Waals surface area (Å²) in [6.07, 6.45) is 0.569. The molecule has 1 fully saturated rings. The summed E-state index contributed by atoms with van der Waals surface area (Å²) in [6, 6.07) is 22.6. The normalized spacial score (nSPS) is 18.4. The molecule has 1 unspecified atom stereocenters. The Morgan fingerprint density at radius 2 is 1.53 bits per heavy atom. The quantitative estimate of drug-likeness (QED) is 0.577. The number of aliphatic imine (C=N–C) groups is 1. The average Bonchev–Trinajstić information content (AvgIpc) is 3.16. The molecule has 3 aromatic rings. The Morgan fingerprint density at radius 3 is 2.24 bits per heavy atom. The van der Waals surface area contributed by atoms with Crippen LogP contribution in [0.4, 0.5) is 15.8 Å². The van der Waals surface area contributed by atoms with Crippen LogP contribution in [0, 0.1) is 19.7 Å². The van der Waals surface area contributed by atoms with Crippen LogP contribution in [-0.4, -0.2) is 49.0 Å². The molecule has 0 saturated carbocycles. The summed E-state index contributed by atoms with van der Waals surface area (Å²) in [5.74, 6) is 0.498. The Balaban J connectivity index is 1.42. The van der Waals surface area contributed by atoms with Gasteiger partial charge < -0.3 is 9.80 Å². The number of hydrogen-bond donors (Lipinski definition) is 0. The number of piperazine rings is 1. The number of carbonyl (C=O) groups is 1. The molecule has 2 aliphatic rings. The van der Waals surface area contributed by atoms with Crippen molar-refractivity contribution in [2.45, 2.75) is 26.3 Å². The molecular formula is C28H29FN4O. The largest absolute Gasteiger partial charge is 0.366 e. The van der Waals surface area contributed by atoms with E-state index in [9.17, 15) is 9.18 Å². The van der Waals surface area contributed by atoms with Gasteiger partial charge >= 0.3 is 0 Å². The monoisotopic (exact) mass is 456 g/mol. The Morgan fingerprint density at radius 1 is 0.853 bits per heavy atom. The summed E-state index contributed by atoms with van der Waals surface area (Å²) in [7, 11) is 0. The summed E-state index contributed by atoms with van der Waals surface area (Å²) in [5, 5.41) is 0. The zero-order valence-corrected chi connectivity index (χ0v) is 19.6. The van der Waals surface area contributed by atoms with Gasteiger partial charge in [-0.05, 0) is 43.2 Å². The van der Waals surface area contributed by atoms with Crippen molar-refractivity contribution in [3.63, 3.8) is 0 Å². The van der Waals surface area contributed by atoms with Gasteiger partial charge in [0.15, 0.2) is 0 Å². The Kier molecular flexibility index (Phi) is 6.05. The third-order valence-corrected chi connectivity index (χ3v) is 6.60. The number of nitrogens with zero attached hydrogens (tertiary/aromatic N) is 4. The third-order valence-electron chi connectivity index (χ3n) is 6.60. The van der Waals surface area contributed by atoms with Crippen LogP contribution in [0.1, 0.15) is 16.7 Å². The SMILES string of the molecule is Cc1ccc(N2C(=O)C(Cc3ccccc3)N=C2N2CCN(c3ccccc3F)CC2)c(C)c1. The second-order valence-corrected chi connectivity index (χ2v) is 9.02. The van der Waals surface area contributed by atoms with Gasteiger partial charge in [-0.25, -0.2) is 14.3 Å². The highest BCUT2D eigenvalue weighted by molar-refractivity contribution is 6.22. The van der Waals surface area contributed by atoms with E-state index in [1.807, 2.05) is 61.5 Å². The minimum absolute atomic E-state index is 0.00217. The predicted octanol–water partition coefficient (Wildman–Crippen LogP) is 4.58. The van der Waals surface area contributed by atoms with E-state index < -0.39 is 6.04 Å². The fourth-order valence-electron chi connectivity index (χ4n) is 4.83. The van der Waals surface area contributed by atoms with Crippen molar-refractivity contribution in [1.29, 1.82) is 0 Å². The van der Waals surface area contributed by atoms with Crippen LogP contribution in [0.25, 0.3) is 0 Å². The Labute approximate surface area is 200 Å². The van der Waals surface area contributed by atoms with Gasteiger partial charge in [-0.1, -0.05) is 60.2 Å². The number of guanidine groups is 1. The van der Waals surface area contributed by atoms with Crippen LogP contribution < -0.4 is 9.80 Å². The second-order valence-electron chi connectivity index (χ2n) is 9.02. The van der Waals surface area contributed by atoms with E-state index >= 15 is 0 Å². The average molecular weight is 457 g/mol. The lowest BCUT2D eigenvalue weighted by atomic mass is 10.1. The van der Waals surface area contributed by atoms with Crippen LogP contribution in [-0.2, 0) is 11.2 Å². The molecule has 174 valence electrons. The number of anilines is 2. The van der Waals surface area contributed by atoms with Crippen molar-refractivity contribution in [2.75, 3.05) is 36.0 Å². The molecule has 0 spiro atoms. The molecule has 34 heavy (non-hydrogen) atoms. The molecule has 5 rings (SSSR count). The molecule has 3 aromatic carbocycles. The first-order chi connectivity index (χ1) is 16.5. The van der Waals surface area contributed by atoms with Crippen molar-refractivity contribution in [1.82, 2.24) is 4.90 Å². The first-order valence-corrected chi connectivity index (χ1v) is 11.8. The van der Waals surface area contributed by atoms with Gasteiger partial charge in [0.2, 0.25) is 5.96 Å². The highest BCUT2D eigenvalue weighted by Gasteiger charge is 2.39. The van der Waals surface area contributed by atoms with Gasteiger partial charge in [0.05, 0.1) is 11.4 Å². The molecule has 0 N–H and O–H groups in total. The van der Waals surface area contributed by atoms with Crippen molar-refractivity contribution in [2.24, 2.45) is 4.99 Å². The van der Waals surface area contributed by atoms with E-state index in [2.05, 4.69) is 22.8 Å². The lowest BCUT2D eigenvalue weighted by Crippen LogP contribution is -2.53. The molecule has 0 aliphatic carbocycles. The lowest BCUT2D eigenvalue weighted by molar-refractivity contribution is -0.118. The maximum atomic E-state index is 14.3. The smallest absolute Gasteiger partial charge is 0.259 e. The molecule has 1 saturated heterocycles. The number of halogens is 1. The fourth-order valence-corrected chi connectivity index (χ4v) is 4.83. The van der Waals surface area contributed by atoms with Crippen molar-refractivity contribution < 1.29 is 9.18 Å². The maximum absolute atomic E-state index is 14.3. The van der Waals surface area contributed by atoms with Gasteiger partial charge in [0, 0.05) is 32.6 Å². The van der Waals surface area contributed by atoms with Crippen LogP contribution in [0.5, 0.6) is 0 Å². The zero-order chi connectivity index (χ0) is 23.7. The van der Waals surface area contributed by atoms with Crippen LogP contribution in [0.3, 0.4) is 0 Å². The fraction of sp³-hybridized carbons (Fsp3) is 0.286. The summed E-state index contributed by atoms with van der Waals surface area (Å²) in [4.78, 5) is 24.6. The number of benzene rings is 3. The number of rotatable bonds is 4. The summed E-state index contributed by atoms with van der Waals surface area (Å²) >= 11 is 0. The summed E-state index contributed by atoms with van der Waals surface area (Å²) in [6.45, 7) is 6.75. The highest BCUT2D eigenvalue weighted by atomic mass is 19.1. The number of carbonyl (C=O) groups excluding carboxylic acids is 1. The molecular weight excluding hydrogens is 427 g/mol. The van der Waals surface area contributed by atoms with E-state index in [4.69, 9.17) is 4.99 Å². The molecule has 0 radical (unpaired) electrons. The van der Waals surface area contributed by atoms with E-state index in [-0.39, 0.29) is 11.7 Å². The topological polar surface area (TPSA) is 39.2 Å². The first kappa shape index (κ1) is 22.1. The van der Waals surface area contributed by atoms with Crippen molar-refractivity contribution >= 4 is 23.2 Å². The van der Waals surface area contributed by atoms with E-state index in [1.165, 1.54) is 6.07 Å². The Bertz CT molecular complexity index is 1220.